The minimum atomic E-state index is -0.293. The third-order valence-corrected chi connectivity index (χ3v) is 5.85. The predicted octanol–water partition coefficient (Wildman–Crippen LogP) is 7.47. The highest BCUT2D eigenvalue weighted by Crippen LogP contribution is 2.33. The minimum absolute atomic E-state index is 0.0928. The molecule has 0 saturated carbocycles. The Kier molecular flexibility index (Phi) is 11.4. The smallest absolute Gasteiger partial charge is 0.259 e. The monoisotopic (exact) mass is 481 g/mol. The molecular weight excluding hydrogens is 442 g/mol. The Labute approximate surface area is 217 Å². The summed E-state index contributed by atoms with van der Waals surface area (Å²) in [6.45, 7) is 16.0. The lowest BCUT2D eigenvalue weighted by molar-refractivity contribution is -0.124. The molecule has 0 radical (unpaired) electrons. The van der Waals surface area contributed by atoms with Crippen LogP contribution in [0.15, 0.2) is 132 Å². The molecule has 4 heteroatoms. The van der Waals surface area contributed by atoms with Gasteiger partial charge in [0, 0.05) is 24.5 Å². The molecule has 0 bridgehead atoms. The molecule has 1 amide bonds. The van der Waals surface area contributed by atoms with Gasteiger partial charge in [-0.05, 0) is 63.5 Å². The predicted molar refractivity (Wildman–Crippen MR) is 154 cm³/mol. The third kappa shape index (κ3) is 7.81. The van der Waals surface area contributed by atoms with Crippen LogP contribution in [0, 0.1) is 0 Å². The topological polar surface area (TPSA) is 35.9 Å². The molecule has 0 fully saturated rings. The number of carbonyl (C=O) groups is 1. The van der Waals surface area contributed by atoms with Gasteiger partial charge in [0.2, 0.25) is 0 Å². The van der Waals surface area contributed by atoms with Gasteiger partial charge in [0.15, 0.2) is 0 Å². The van der Waals surface area contributed by atoms with E-state index >= 15 is 0 Å². The molecule has 0 N–H and O–H groups in total. The first kappa shape index (κ1) is 28.3. The highest BCUT2D eigenvalue weighted by molar-refractivity contribution is 6.07. The summed E-state index contributed by atoms with van der Waals surface area (Å²) in [6, 6.07) is 9.85. The number of hydrogen-bond donors (Lipinski definition) is 0. The van der Waals surface area contributed by atoms with E-state index in [9.17, 15) is 4.79 Å². The van der Waals surface area contributed by atoms with Crippen molar-refractivity contribution >= 4 is 11.7 Å². The summed E-state index contributed by atoms with van der Waals surface area (Å²) in [5.41, 5.74) is 4.58. The summed E-state index contributed by atoms with van der Waals surface area (Å²) >= 11 is 0. The summed E-state index contributed by atoms with van der Waals surface area (Å²) < 4.78 is 0. The van der Waals surface area contributed by atoms with Crippen molar-refractivity contribution in [2.75, 3.05) is 13.6 Å². The van der Waals surface area contributed by atoms with E-state index < -0.39 is 0 Å². The Morgan fingerprint density at radius 2 is 1.97 bits per heavy atom. The number of amidine groups is 1. The van der Waals surface area contributed by atoms with E-state index in [4.69, 9.17) is 4.99 Å². The summed E-state index contributed by atoms with van der Waals surface area (Å²) in [5, 5.41) is 0. The Morgan fingerprint density at radius 1 is 1.25 bits per heavy atom. The fraction of sp³-hybridized carbons (Fsp3) is 0.250. The maximum absolute atomic E-state index is 14.2. The highest BCUT2D eigenvalue weighted by Gasteiger charge is 2.31. The van der Waals surface area contributed by atoms with Crippen LogP contribution in [0.3, 0.4) is 0 Å². The Hall–Kier alpha value is -3.92. The SMILES string of the molecule is C=C/C=C\C/C(=C\C)C(c1ccccc1)N1C(=O)C(=CC)/C=C(N(C)/C=C/C(=C)C)\C=C/CN=C1C. The Bertz CT molecular complexity index is 1140. The second-order valence-electron chi connectivity index (χ2n) is 8.60. The van der Waals surface area contributed by atoms with Crippen LogP contribution >= 0.6 is 0 Å². The molecule has 0 saturated heterocycles. The number of nitrogens with zero attached hydrogens (tertiary/aromatic N) is 3. The number of likely N-dealkylation sites (N-methyl/N-ethyl adjacent to an activating group) is 1. The minimum Gasteiger partial charge on any atom is -0.351 e. The van der Waals surface area contributed by atoms with Gasteiger partial charge >= 0.3 is 0 Å². The van der Waals surface area contributed by atoms with Crippen LogP contribution < -0.4 is 0 Å². The molecule has 1 aliphatic heterocycles. The average molecular weight is 482 g/mol. The van der Waals surface area contributed by atoms with Crippen molar-refractivity contribution in [3.05, 3.63) is 132 Å². The summed E-state index contributed by atoms with van der Waals surface area (Å²) in [6.07, 6.45) is 20.3. The zero-order chi connectivity index (χ0) is 26.5. The molecule has 0 spiro atoms. The van der Waals surface area contributed by atoms with Crippen LogP contribution in [-0.2, 0) is 4.79 Å². The maximum Gasteiger partial charge on any atom is 0.259 e. The lowest BCUT2D eigenvalue weighted by Gasteiger charge is -2.34. The normalized spacial score (nSPS) is 19.7. The lowest BCUT2D eigenvalue weighted by atomic mass is 9.93. The standard InChI is InChI=1S/C32H39N3O/c1-8-11-13-17-27(9-2)31(29-18-14-12-15-19-29)35-26(6)33-22-16-20-30(24-28(10-3)32(35)36)34(7)23-21-25(4)5/h8-16,18-21,23-24,31H,1,4,17,22H2,2-3,5-7H3/b13-11-,20-16-,23-21+,27-9+,28-10?,30-24+,33-26?. The Morgan fingerprint density at radius 3 is 2.58 bits per heavy atom. The molecule has 1 unspecified atom stereocenters. The number of benzene rings is 1. The van der Waals surface area contributed by atoms with Gasteiger partial charge in [-0.25, -0.2) is 0 Å². The van der Waals surface area contributed by atoms with Gasteiger partial charge in [0.05, 0.1) is 12.6 Å². The molecule has 1 aromatic carbocycles. The van der Waals surface area contributed by atoms with Gasteiger partial charge in [0.25, 0.3) is 5.91 Å². The third-order valence-electron chi connectivity index (χ3n) is 5.85. The van der Waals surface area contributed by atoms with Crippen molar-refractivity contribution in [2.24, 2.45) is 4.99 Å². The van der Waals surface area contributed by atoms with E-state index in [0.717, 1.165) is 22.4 Å². The van der Waals surface area contributed by atoms with Crippen molar-refractivity contribution in [3.8, 4) is 0 Å². The molecule has 0 aliphatic carbocycles. The van der Waals surface area contributed by atoms with Gasteiger partial charge in [-0.1, -0.05) is 85.5 Å². The van der Waals surface area contributed by atoms with Crippen molar-refractivity contribution in [1.29, 1.82) is 0 Å². The number of rotatable bonds is 9. The number of carbonyl (C=O) groups excluding carboxylic acids is 1. The molecule has 1 aliphatic rings. The molecule has 188 valence electrons. The molecule has 0 aromatic heterocycles. The quantitative estimate of drug-likeness (QED) is 0.208. The second kappa shape index (κ2) is 14.5. The zero-order valence-corrected chi connectivity index (χ0v) is 22.3. The number of amides is 1. The first-order valence-electron chi connectivity index (χ1n) is 12.3. The zero-order valence-electron chi connectivity index (χ0n) is 22.3. The van der Waals surface area contributed by atoms with Crippen LogP contribution in [0.25, 0.3) is 0 Å². The van der Waals surface area contributed by atoms with Gasteiger partial charge in [0.1, 0.15) is 5.84 Å². The van der Waals surface area contributed by atoms with Crippen LogP contribution in [0.1, 0.15) is 45.7 Å². The Balaban J connectivity index is 2.67. The fourth-order valence-electron chi connectivity index (χ4n) is 3.90. The largest absolute Gasteiger partial charge is 0.351 e. The van der Waals surface area contributed by atoms with Gasteiger partial charge in [-0.3, -0.25) is 14.7 Å². The van der Waals surface area contributed by atoms with E-state index in [2.05, 4.69) is 37.4 Å². The van der Waals surface area contributed by atoms with Crippen molar-refractivity contribution < 1.29 is 4.79 Å². The summed E-state index contributed by atoms with van der Waals surface area (Å²) in [5.74, 6) is 0.585. The molecule has 1 heterocycles. The number of allylic oxidation sites excluding steroid dienone is 8. The van der Waals surface area contributed by atoms with Crippen LogP contribution in [0.2, 0.25) is 0 Å². The van der Waals surface area contributed by atoms with Gasteiger partial charge in [-0.2, -0.15) is 0 Å². The summed E-state index contributed by atoms with van der Waals surface area (Å²) in [4.78, 5) is 22.8. The average Bonchev–Trinajstić information content (AvgIpc) is 2.88. The first-order chi connectivity index (χ1) is 17.3. The molecule has 4 nitrogen and oxygen atoms in total. The molecular formula is C32H39N3O. The first-order valence-corrected chi connectivity index (χ1v) is 12.3. The number of hydrogen-bond acceptors (Lipinski definition) is 3. The van der Waals surface area contributed by atoms with E-state index in [1.807, 2.05) is 105 Å². The number of aliphatic imine (C=N–C) groups is 1. The highest BCUT2D eigenvalue weighted by atomic mass is 16.2. The van der Waals surface area contributed by atoms with E-state index in [0.29, 0.717) is 24.4 Å². The van der Waals surface area contributed by atoms with Crippen molar-refractivity contribution in [1.82, 2.24) is 9.80 Å². The molecule has 2 rings (SSSR count). The van der Waals surface area contributed by atoms with Crippen molar-refractivity contribution in [3.63, 3.8) is 0 Å². The summed E-state index contributed by atoms with van der Waals surface area (Å²) in [7, 11) is 1.96. The maximum atomic E-state index is 14.2. The van der Waals surface area contributed by atoms with E-state index in [1.54, 1.807) is 6.08 Å². The van der Waals surface area contributed by atoms with Gasteiger partial charge < -0.3 is 4.90 Å². The van der Waals surface area contributed by atoms with Gasteiger partial charge in [-0.15, -0.1) is 0 Å². The second-order valence-corrected chi connectivity index (χ2v) is 8.60. The van der Waals surface area contributed by atoms with Crippen LogP contribution in [0.5, 0.6) is 0 Å². The van der Waals surface area contributed by atoms with Crippen LogP contribution in [-0.4, -0.2) is 35.1 Å². The van der Waals surface area contributed by atoms with Crippen LogP contribution in [0.4, 0.5) is 0 Å². The van der Waals surface area contributed by atoms with Crippen molar-refractivity contribution in [2.45, 2.75) is 40.2 Å². The lowest BCUT2D eigenvalue weighted by Crippen LogP contribution is -2.40. The molecule has 1 aromatic rings. The van der Waals surface area contributed by atoms with E-state index in [1.165, 1.54) is 0 Å². The molecule has 36 heavy (non-hydrogen) atoms. The van der Waals surface area contributed by atoms with E-state index in [-0.39, 0.29) is 11.9 Å². The fourth-order valence-corrected chi connectivity index (χ4v) is 3.90. The molecule has 1 atom stereocenters.